The molecule has 100 valence electrons. The lowest BCUT2D eigenvalue weighted by molar-refractivity contribution is 0.234. The van der Waals surface area contributed by atoms with Gasteiger partial charge < -0.3 is 15.4 Å². The second-order valence-electron chi connectivity index (χ2n) is 3.98. The zero-order valence-corrected chi connectivity index (χ0v) is 11.1. The van der Waals surface area contributed by atoms with E-state index in [1.54, 1.807) is 0 Å². The third kappa shape index (κ3) is 5.23. The van der Waals surface area contributed by atoms with Gasteiger partial charge in [0.15, 0.2) is 0 Å². The minimum Gasteiger partial charge on any atom is -0.490 e. The third-order valence-electron chi connectivity index (χ3n) is 1.96. The van der Waals surface area contributed by atoms with Gasteiger partial charge in [-0.1, -0.05) is 11.6 Å². The average Bonchev–Trinajstić information content (AvgIpc) is 2.25. The van der Waals surface area contributed by atoms with Crippen LogP contribution in [0, 0.1) is 5.82 Å². The van der Waals surface area contributed by atoms with Crippen molar-refractivity contribution >= 4 is 17.6 Å². The lowest BCUT2D eigenvalue weighted by atomic mass is 10.3. The number of ether oxygens (including phenoxy) is 1. The molecule has 1 rings (SSSR count). The van der Waals surface area contributed by atoms with E-state index in [4.69, 9.17) is 16.3 Å². The molecule has 0 aliphatic heterocycles. The van der Waals surface area contributed by atoms with Gasteiger partial charge in [0.25, 0.3) is 0 Å². The molecule has 0 aliphatic carbocycles. The molecule has 0 spiro atoms. The fraction of sp³-hybridized carbons (Fsp3) is 0.417. The Morgan fingerprint density at radius 2 is 2.22 bits per heavy atom. The number of halogens is 2. The average molecular weight is 275 g/mol. The highest BCUT2D eigenvalue weighted by molar-refractivity contribution is 6.32. The molecule has 0 saturated carbocycles. The van der Waals surface area contributed by atoms with Crippen molar-refractivity contribution in [3.05, 3.63) is 29.0 Å². The summed E-state index contributed by atoms with van der Waals surface area (Å²) in [6, 6.07) is 3.72. The zero-order chi connectivity index (χ0) is 13.5. The molecule has 6 heteroatoms. The second-order valence-corrected chi connectivity index (χ2v) is 4.39. The summed E-state index contributed by atoms with van der Waals surface area (Å²) in [5, 5.41) is 5.51. The lowest BCUT2D eigenvalue weighted by Gasteiger charge is -2.11. The van der Waals surface area contributed by atoms with Crippen LogP contribution in [0.3, 0.4) is 0 Å². The van der Waals surface area contributed by atoms with Crippen molar-refractivity contribution in [1.29, 1.82) is 0 Å². The van der Waals surface area contributed by atoms with E-state index in [9.17, 15) is 9.18 Å². The molecule has 1 aromatic carbocycles. The van der Waals surface area contributed by atoms with Crippen LogP contribution in [0.2, 0.25) is 5.02 Å². The smallest absolute Gasteiger partial charge is 0.315 e. The van der Waals surface area contributed by atoms with Crippen molar-refractivity contribution in [3.8, 4) is 5.75 Å². The Bertz CT molecular complexity index is 413. The summed E-state index contributed by atoms with van der Waals surface area (Å²) in [7, 11) is 0. The predicted octanol–water partition coefficient (Wildman–Crippen LogP) is 2.57. The quantitative estimate of drug-likeness (QED) is 0.811. The third-order valence-corrected chi connectivity index (χ3v) is 2.25. The number of carbonyl (C=O) groups excluding carboxylic acids is 1. The van der Waals surface area contributed by atoms with Gasteiger partial charge in [-0.2, -0.15) is 0 Å². The fourth-order valence-electron chi connectivity index (χ4n) is 1.23. The van der Waals surface area contributed by atoms with Crippen molar-refractivity contribution in [3.63, 3.8) is 0 Å². The van der Waals surface area contributed by atoms with Crippen LogP contribution >= 0.6 is 11.6 Å². The van der Waals surface area contributed by atoms with Gasteiger partial charge in [-0.15, -0.1) is 0 Å². The van der Waals surface area contributed by atoms with Crippen LogP contribution in [0.1, 0.15) is 13.8 Å². The highest BCUT2D eigenvalue weighted by atomic mass is 35.5. The maximum atomic E-state index is 12.8. The molecular formula is C12H16ClFN2O2. The first-order chi connectivity index (χ1) is 8.49. The molecule has 2 N–H and O–H groups in total. The van der Waals surface area contributed by atoms with Gasteiger partial charge in [-0.05, 0) is 32.0 Å². The highest BCUT2D eigenvalue weighted by Gasteiger charge is 2.04. The van der Waals surface area contributed by atoms with Gasteiger partial charge in [0, 0.05) is 6.04 Å². The Morgan fingerprint density at radius 1 is 1.50 bits per heavy atom. The van der Waals surface area contributed by atoms with Crippen LogP contribution < -0.4 is 15.4 Å². The van der Waals surface area contributed by atoms with E-state index in [0.29, 0.717) is 12.3 Å². The Kier molecular flexibility index (Phi) is 5.71. The van der Waals surface area contributed by atoms with E-state index >= 15 is 0 Å². The molecule has 0 saturated heterocycles. The number of carbonyl (C=O) groups is 1. The van der Waals surface area contributed by atoms with Crippen molar-refractivity contribution in [2.75, 3.05) is 13.2 Å². The molecule has 0 fully saturated rings. The fourth-order valence-corrected chi connectivity index (χ4v) is 1.45. The number of benzene rings is 1. The van der Waals surface area contributed by atoms with Crippen LogP contribution in [0.15, 0.2) is 18.2 Å². The van der Waals surface area contributed by atoms with Crippen molar-refractivity contribution in [2.24, 2.45) is 0 Å². The maximum absolute atomic E-state index is 12.8. The van der Waals surface area contributed by atoms with Crippen LogP contribution in [0.4, 0.5) is 9.18 Å². The molecule has 4 nitrogen and oxygen atoms in total. The SMILES string of the molecule is CC(C)NC(=O)NCCOc1ccc(F)cc1Cl. The largest absolute Gasteiger partial charge is 0.490 e. The Hall–Kier alpha value is -1.49. The van der Waals surface area contributed by atoms with Gasteiger partial charge in [0.2, 0.25) is 0 Å². The molecule has 0 bridgehead atoms. The monoisotopic (exact) mass is 274 g/mol. The first kappa shape index (κ1) is 14.6. The molecule has 0 unspecified atom stereocenters. The van der Waals surface area contributed by atoms with Crippen LogP contribution in [0.25, 0.3) is 0 Å². The first-order valence-electron chi connectivity index (χ1n) is 5.61. The number of urea groups is 1. The molecule has 0 heterocycles. The van der Waals surface area contributed by atoms with Gasteiger partial charge in [-0.3, -0.25) is 0 Å². The standard InChI is InChI=1S/C12H16ClFN2O2/c1-8(2)16-12(17)15-5-6-18-11-4-3-9(14)7-10(11)13/h3-4,7-8H,5-6H2,1-2H3,(H2,15,16,17). The Labute approximate surface area is 110 Å². The number of hydrogen-bond donors (Lipinski definition) is 2. The summed E-state index contributed by atoms with van der Waals surface area (Å²) in [6.07, 6.45) is 0. The first-order valence-corrected chi connectivity index (χ1v) is 5.99. The summed E-state index contributed by atoms with van der Waals surface area (Å²) in [6.45, 7) is 4.34. The van der Waals surface area contributed by atoms with Crippen LogP contribution in [0.5, 0.6) is 5.75 Å². The molecule has 0 atom stereocenters. The molecule has 0 aliphatic rings. The second kappa shape index (κ2) is 7.06. The van der Waals surface area contributed by atoms with Crippen molar-refractivity contribution < 1.29 is 13.9 Å². The van der Waals surface area contributed by atoms with E-state index in [2.05, 4.69) is 10.6 Å². The minimum atomic E-state index is -0.415. The number of rotatable bonds is 5. The zero-order valence-electron chi connectivity index (χ0n) is 10.3. The molecule has 0 radical (unpaired) electrons. The molecular weight excluding hydrogens is 259 g/mol. The lowest BCUT2D eigenvalue weighted by Crippen LogP contribution is -2.41. The van der Waals surface area contributed by atoms with E-state index in [-0.39, 0.29) is 23.7 Å². The highest BCUT2D eigenvalue weighted by Crippen LogP contribution is 2.24. The number of amides is 2. The number of nitrogens with one attached hydrogen (secondary N) is 2. The van der Waals surface area contributed by atoms with Gasteiger partial charge >= 0.3 is 6.03 Å². The van der Waals surface area contributed by atoms with Crippen LogP contribution in [-0.4, -0.2) is 25.2 Å². The van der Waals surface area contributed by atoms with Gasteiger partial charge in [0.1, 0.15) is 18.2 Å². The summed E-state index contributed by atoms with van der Waals surface area (Å²) in [4.78, 5) is 11.2. The number of hydrogen-bond acceptors (Lipinski definition) is 2. The summed E-state index contributed by atoms with van der Waals surface area (Å²) >= 11 is 5.78. The van der Waals surface area contributed by atoms with Gasteiger partial charge in [0.05, 0.1) is 11.6 Å². The summed E-state index contributed by atoms with van der Waals surface area (Å²) in [5.74, 6) is -0.0223. The molecule has 1 aromatic rings. The predicted molar refractivity (Wildman–Crippen MR) is 68.6 cm³/mol. The van der Waals surface area contributed by atoms with E-state index in [1.165, 1.54) is 18.2 Å². The van der Waals surface area contributed by atoms with Gasteiger partial charge in [-0.25, -0.2) is 9.18 Å². The molecule has 0 aromatic heterocycles. The maximum Gasteiger partial charge on any atom is 0.315 e. The van der Waals surface area contributed by atoms with E-state index < -0.39 is 5.82 Å². The van der Waals surface area contributed by atoms with Crippen molar-refractivity contribution in [1.82, 2.24) is 10.6 Å². The normalized spacial score (nSPS) is 10.3. The Morgan fingerprint density at radius 3 is 2.83 bits per heavy atom. The molecule has 2 amide bonds. The Balaban J connectivity index is 2.27. The summed E-state index contributed by atoms with van der Waals surface area (Å²) in [5.41, 5.74) is 0. The van der Waals surface area contributed by atoms with E-state index in [1.807, 2.05) is 13.8 Å². The summed E-state index contributed by atoms with van der Waals surface area (Å²) < 4.78 is 18.1. The minimum absolute atomic E-state index is 0.0810. The van der Waals surface area contributed by atoms with Crippen molar-refractivity contribution in [2.45, 2.75) is 19.9 Å². The topological polar surface area (TPSA) is 50.4 Å². The molecule has 18 heavy (non-hydrogen) atoms. The van der Waals surface area contributed by atoms with E-state index in [0.717, 1.165) is 0 Å². The van der Waals surface area contributed by atoms with Crippen LogP contribution in [-0.2, 0) is 0 Å².